The number of aliphatic imine (C=N–C) groups is 1. The molecule has 1 unspecified atom stereocenters. The number of hydrogen-bond donors (Lipinski definition) is 1. The van der Waals surface area contributed by atoms with Gasteiger partial charge in [0.05, 0.1) is 0 Å². The third-order valence-electron chi connectivity index (χ3n) is 4.87. The topological polar surface area (TPSA) is 45.5 Å². The Morgan fingerprint density at radius 2 is 1.44 bits per heavy atom. The van der Waals surface area contributed by atoms with Crippen molar-refractivity contribution in [3.63, 3.8) is 0 Å². The van der Waals surface area contributed by atoms with Crippen molar-refractivity contribution in [2.45, 2.75) is 18.4 Å². The molecule has 0 radical (unpaired) electrons. The van der Waals surface area contributed by atoms with E-state index >= 15 is 0 Å². The molecule has 0 spiro atoms. The fraction of sp³-hybridized carbons (Fsp3) is 0.130. The normalized spacial score (nSPS) is 15.4. The summed E-state index contributed by atoms with van der Waals surface area (Å²) in [6.07, 6.45) is 8.31. The summed E-state index contributed by atoms with van der Waals surface area (Å²) in [6.45, 7) is 0. The minimum Gasteiger partial charge on any atom is -0.380 e. The Balaban J connectivity index is 1.72. The van der Waals surface area contributed by atoms with Crippen LogP contribution in [0.25, 0.3) is 11.1 Å². The minimum absolute atomic E-state index is 0.325. The molecule has 0 aliphatic carbocycles. The van der Waals surface area contributed by atoms with Gasteiger partial charge in [0.2, 0.25) is 0 Å². The zero-order chi connectivity index (χ0) is 18.7. The summed E-state index contributed by atoms with van der Waals surface area (Å²) in [5, 5.41) is 11.6. The van der Waals surface area contributed by atoms with Crippen LogP contribution in [0.1, 0.15) is 24.0 Å². The van der Waals surface area contributed by atoms with Gasteiger partial charge < -0.3 is 5.11 Å². The minimum atomic E-state index is -1.27. The molecule has 3 aromatic rings. The molecule has 134 valence electrons. The molecule has 1 aliphatic rings. The smallest absolute Gasteiger partial charge is 0.123 e. The van der Waals surface area contributed by atoms with E-state index in [2.05, 4.69) is 9.98 Å². The van der Waals surface area contributed by atoms with Crippen LogP contribution in [0.2, 0.25) is 0 Å². The Hall–Kier alpha value is -3.11. The first-order valence-electron chi connectivity index (χ1n) is 8.85. The molecule has 1 aromatic heterocycles. The van der Waals surface area contributed by atoms with Gasteiger partial charge in [-0.3, -0.25) is 9.98 Å². The molecule has 0 bridgehead atoms. The van der Waals surface area contributed by atoms with Crippen LogP contribution < -0.4 is 0 Å². The summed E-state index contributed by atoms with van der Waals surface area (Å²) < 4.78 is 13.4. The molecule has 1 aliphatic heterocycles. The Morgan fingerprint density at radius 3 is 2.04 bits per heavy atom. The van der Waals surface area contributed by atoms with Crippen molar-refractivity contribution in [1.82, 2.24) is 4.98 Å². The number of benzene rings is 2. The summed E-state index contributed by atoms with van der Waals surface area (Å²) in [4.78, 5) is 8.39. The summed E-state index contributed by atoms with van der Waals surface area (Å²) in [7, 11) is 0. The van der Waals surface area contributed by atoms with E-state index in [0.717, 1.165) is 28.8 Å². The first-order valence-corrected chi connectivity index (χ1v) is 8.85. The molecule has 2 heterocycles. The maximum Gasteiger partial charge on any atom is 0.123 e. The standard InChI is InChI=1S/C23H19FN2O/c24-21-9-7-20(8-10-21)23(27,16-22-2-1-13-26-22)19-5-3-17(4-6-19)18-11-14-25-15-12-18/h1,3-15,27H,2,16H2. The second-order valence-corrected chi connectivity index (χ2v) is 6.64. The van der Waals surface area contributed by atoms with Gasteiger partial charge in [0.25, 0.3) is 0 Å². The fourth-order valence-electron chi connectivity index (χ4n) is 3.39. The fourth-order valence-corrected chi connectivity index (χ4v) is 3.39. The lowest BCUT2D eigenvalue weighted by atomic mass is 9.81. The molecule has 4 heteroatoms. The number of hydrogen-bond acceptors (Lipinski definition) is 3. The largest absolute Gasteiger partial charge is 0.380 e. The van der Waals surface area contributed by atoms with Crippen LogP contribution in [0.3, 0.4) is 0 Å². The van der Waals surface area contributed by atoms with Crippen LogP contribution in [0.5, 0.6) is 0 Å². The van der Waals surface area contributed by atoms with Crippen molar-refractivity contribution >= 4 is 5.71 Å². The number of aliphatic hydroxyl groups is 1. The number of halogens is 1. The lowest BCUT2D eigenvalue weighted by Gasteiger charge is -2.30. The summed E-state index contributed by atoms with van der Waals surface area (Å²) in [6, 6.07) is 17.7. The molecular formula is C23H19FN2O. The van der Waals surface area contributed by atoms with Crippen molar-refractivity contribution in [2.24, 2.45) is 4.99 Å². The number of pyridine rings is 1. The van der Waals surface area contributed by atoms with Crippen molar-refractivity contribution < 1.29 is 9.50 Å². The van der Waals surface area contributed by atoms with E-state index in [1.54, 1.807) is 30.7 Å². The van der Waals surface area contributed by atoms with Gasteiger partial charge in [0.15, 0.2) is 0 Å². The highest BCUT2D eigenvalue weighted by Crippen LogP contribution is 2.35. The zero-order valence-electron chi connectivity index (χ0n) is 14.7. The van der Waals surface area contributed by atoms with Crippen molar-refractivity contribution in [2.75, 3.05) is 0 Å². The second-order valence-electron chi connectivity index (χ2n) is 6.64. The maximum atomic E-state index is 13.4. The van der Waals surface area contributed by atoms with Gasteiger partial charge in [-0.1, -0.05) is 42.5 Å². The van der Waals surface area contributed by atoms with Gasteiger partial charge in [-0.15, -0.1) is 0 Å². The molecule has 1 N–H and O–H groups in total. The molecule has 27 heavy (non-hydrogen) atoms. The van der Waals surface area contributed by atoms with E-state index in [4.69, 9.17) is 0 Å². The van der Waals surface area contributed by atoms with Gasteiger partial charge in [0.1, 0.15) is 11.4 Å². The Kier molecular flexibility index (Phi) is 4.65. The Labute approximate surface area is 157 Å². The lowest BCUT2D eigenvalue weighted by Crippen LogP contribution is -2.30. The third kappa shape index (κ3) is 3.57. The van der Waals surface area contributed by atoms with Gasteiger partial charge in [-0.2, -0.15) is 0 Å². The quantitative estimate of drug-likeness (QED) is 0.707. The molecule has 0 fully saturated rings. The third-order valence-corrected chi connectivity index (χ3v) is 4.87. The van der Waals surface area contributed by atoms with Crippen LogP contribution >= 0.6 is 0 Å². The van der Waals surface area contributed by atoms with Crippen LogP contribution in [0.15, 0.2) is 90.3 Å². The second kappa shape index (κ2) is 7.25. The number of nitrogens with zero attached hydrogens (tertiary/aromatic N) is 2. The zero-order valence-corrected chi connectivity index (χ0v) is 14.7. The molecule has 1 atom stereocenters. The maximum absolute atomic E-state index is 13.4. The number of aromatic nitrogens is 1. The number of rotatable bonds is 5. The van der Waals surface area contributed by atoms with E-state index in [9.17, 15) is 9.50 Å². The van der Waals surface area contributed by atoms with Gasteiger partial charge in [0, 0.05) is 37.1 Å². The Bertz CT molecular complexity index is 979. The monoisotopic (exact) mass is 358 g/mol. The van der Waals surface area contributed by atoms with Crippen LogP contribution in [0, 0.1) is 5.82 Å². The molecule has 0 saturated heterocycles. The number of allylic oxidation sites excluding steroid dienone is 1. The van der Waals surface area contributed by atoms with Crippen molar-refractivity contribution in [3.05, 3.63) is 102 Å². The predicted molar refractivity (Wildman–Crippen MR) is 105 cm³/mol. The van der Waals surface area contributed by atoms with Crippen molar-refractivity contribution in [3.8, 4) is 11.1 Å². The molecule has 4 rings (SSSR count). The highest BCUT2D eigenvalue weighted by atomic mass is 19.1. The highest BCUT2D eigenvalue weighted by Gasteiger charge is 2.33. The first kappa shape index (κ1) is 17.3. The summed E-state index contributed by atoms with van der Waals surface area (Å²) >= 11 is 0. The SMILES string of the molecule is OC(CC1=NC=CC1)(c1ccc(F)cc1)c1ccc(-c2ccncc2)cc1. The van der Waals surface area contributed by atoms with Crippen LogP contribution in [-0.4, -0.2) is 15.8 Å². The summed E-state index contributed by atoms with van der Waals surface area (Å²) in [5.74, 6) is -0.325. The van der Waals surface area contributed by atoms with E-state index in [-0.39, 0.29) is 5.82 Å². The first-order chi connectivity index (χ1) is 13.1. The van der Waals surface area contributed by atoms with E-state index in [0.29, 0.717) is 12.0 Å². The molecule has 0 amide bonds. The molecule has 3 nitrogen and oxygen atoms in total. The van der Waals surface area contributed by atoms with Crippen molar-refractivity contribution in [1.29, 1.82) is 0 Å². The van der Waals surface area contributed by atoms with E-state index in [1.807, 2.05) is 42.5 Å². The average Bonchev–Trinajstić information content (AvgIpc) is 3.22. The molecule has 2 aromatic carbocycles. The molecular weight excluding hydrogens is 339 g/mol. The highest BCUT2D eigenvalue weighted by molar-refractivity contribution is 5.89. The van der Waals surface area contributed by atoms with Gasteiger partial charge >= 0.3 is 0 Å². The lowest BCUT2D eigenvalue weighted by molar-refractivity contribution is 0.0886. The van der Waals surface area contributed by atoms with E-state index < -0.39 is 5.60 Å². The van der Waals surface area contributed by atoms with Gasteiger partial charge in [-0.05, 0) is 46.5 Å². The average molecular weight is 358 g/mol. The van der Waals surface area contributed by atoms with E-state index in [1.165, 1.54) is 12.1 Å². The Morgan fingerprint density at radius 1 is 0.852 bits per heavy atom. The van der Waals surface area contributed by atoms with Crippen LogP contribution in [-0.2, 0) is 5.60 Å². The molecule has 0 saturated carbocycles. The van der Waals surface area contributed by atoms with Gasteiger partial charge in [-0.25, -0.2) is 4.39 Å². The summed E-state index contributed by atoms with van der Waals surface area (Å²) in [5.41, 5.74) is 3.14. The predicted octanol–water partition coefficient (Wildman–Crippen LogP) is 4.87. The van der Waals surface area contributed by atoms with Crippen LogP contribution in [0.4, 0.5) is 4.39 Å².